The molecule has 0 radical (unpaired) electrons. The third kappa shape index (κ3) is 4.26. The van der Waals surface area contributed by atoms with Gasteiger partial charge in [-0.2, -0.15) is 8.42 Å². The number of hydrogen-bond donors (Lipinski definition) is 1. The lowest BCUT2D eigenvalue weighted by molar-refractivity contribution is -0.128. The van der Waals surface area contributed by atoms with E-state index in [0.29, 0.717) is 29.3 Å². The fourth-order valence-corrected chi connectivity index (χ4v) is 8.48. The van der Waals surface area contributed by atoms with E-state index in [1.54, 1.807) is 0 Å². The molecule has 1 N–H and O–H groups in total. The summed E-state index contributed by atoms with van der Waals surface area (Å²) in [7, 11) is -3.79. The maximum Gasteiger partial charge on any atom is 0.268 e. The average molecular weight is 503 g/mol. The average Bonchev–Trinajstić information content (AvgIpc) is 3.08. The summed E-state index contributed by atoms with van der Waals surface area (Å²) in [5, 5.41) is 4.53. The zero-order valence-corrected chi connectivity index (χ0v) is 21.2. The fraction of sp³-hybridized carbons (Fsp3) is 0.708. The highest BCUT2D eigenvalue weighted by atomic mass is 35.5. The summed E-state index contributed by atoms with van der Waals surface area (Å²) in [5.41, 5.74) is -0.0754. The van der Waals surface area contributed by atoms with E-state index in [0.717, 1.165) is 44.3 Å². The molecule has 3 aliphatic rings. The van der Waals surface area contributed by atoms with Crippen molar-refractivity contribution in [2.24, 2.45) is 16.7 Å². The van der Waals surface area contributed by atoms with Gasteiger partial charge in [-0.25, -0.2) is 0 Å². The van der Waals surface area contributed by atoms with Crippen molar-refractivity contribution in [3.8, 4) is 0 Å². The van der Waals surface area contributed by atoms with Gasteiger partial charge >= 0.3 is 0 Å². The summed E-state index contributed by atoms with van der Waals surface area (Å²) in [5.74, 6) is 0.190. The smallest absolute Gasteiger partial charge is 0.268 e. The van der Waals surface area contributed by atoms with E-state index in [9.17, 15) is 13.2 Å². The van der Waals surface area contributed by atoms with Gasteiger partial charge in [-0.15, -0.1) is 0 Å². The quantitative estimate of drug-likeness (QED) is 0.394. The topological polar surface area (TPSA) is 72.5 Å². The maximum absolute atomic E-state index is 12.9. The molecule has 0 amide bonds. The molecular weight excluding hydrogens is 469 g/mol. The highest BCUT2D eigenvalue weighted by Crippen LogP contribution is 2.64. The predicted molar refractivity (Wildman–Crippen MR) is 128 cm³/mol. The van der Waals surface area contributed by atoms with Gasteiger partial charge in [0.1, 0.15) is 5.78 Å². The number of fused-ring (bicyclic) bond motifs is 2. The SMILES string of the molecule is CC1(C)C2CC[C@@]1(CS(=O)(=O)OCCC[C@@]1(c3ccc(Cl)c(Cl)c3)CCCNC1)C(=O)C2. The molecule has 1 aromatic carbocycles. The molecule has 3 fully saturated rings. The van der Waals surface area contributed by atoms with Crippen LogP contribution >= 0.6 is 23.2 Å². The molecule has 4 rings (SSSR count). The second-order valence-corrected chi connectivity index (χ2v) is 12.9. The van der Waals surface area contributed by atoms with Crippen LogP contribution in [-0.2, 0) is 24.5 Å². The van der Waals surface area contributed by atoms with Crippen LogP contribution in [0.1, 0.15) is 64.4 Å². The summed E-state index contributed by atoms with van der Waals surface area (Å²) < 4.78 is 31.2. The van der Waals surface area contributed by atoms with E-state index in [2.05, 4.69) is 5.32 Å². The lowest BCUT2D eigenvalue weighted by Crippen LogP contribution is -2.44. The second kappa shape index (κ2) is 8.84. The van der Waals surface area contributed by atoms with Crippen LogP contribution < -0.4 is 5.32 Å². The number of hydrogen-bond acceptors (Lipinski definition) is 5. The van der Waals surface area contributed by atoms with Crippen molar-refractivity contribution < 1.29 is 17.4 Å². The monoisotopic (exact) mass is 501 g/mol. The molecule has 1 aliphatic heterocycles. The molecule has 0 aromatic heterocycles. The first-order valence-corrected chi connectivity index (χ1v) is 13.9. The van der Waals surface area contributed by atoms with Crippen LogP contribution in [0.5, 0.6) is 0 Å². The molecule has 178 valence electrons. The first-order chi connectivity index (χ1) is 15.0. The Morgan fingerprint density at radius 2 is 1.97 bits per heavy atom. The highest BCUT2D eigenvalue weighted by molar-refractivity contribution is 7.86. The number of benzene rings is 1. The molecule has 1 aromatic rings. The van der Waals surface area contributed by atoms with Crippen molar-refractivity contribution in [1.29, 1.82) is 0 Å². The molecule has 0 spiro atoms. The summed E-state index contributed by atoms with van der Waals surface area (Å²) in [6.45, 7) is 6.00. The van der Waals surface area contributed by atoms with Crippen LogP contribution in [0.3, 0.4) is 0 Å². The van der Waals surface area contributed by atoms with Gasteiger partial charge in [0.2, 0.25) is 0 Å². The van der Waals surface area contributed by atoms with Crippen molar-refractivity contribution in [1.82, 2.24) is 5.32 Å². The second-order valence-electron chi connectivity index (χ2n) is 10.5. The Morgan fingerprint density at radius 3 is 2.56 bits per heavy atom. The summed E-state index contributed by atoms with van der Waals surface area (Å²) in [6.07, 6.45) is 5.50. The van der Waals surface area contributed by atoms with Crippen molar-refractivity contribution in [2.75, 3.05) is 25.4 Å². The van der Waals surface area contributed by atoms with Crippen LogP contribution in [0.15, 0.2) is 18.2 Å². The van der Waals surface area contributed by atoms with E-state index < -0.39 is 15.5 Å². The van der Waals surface area contributed by atoms with Crippen LogP contribution in [0, 0.1) is 16.7 Å². The highest BCUT2D eigenvalue weighted by Gasteiger charge is 2.65. The minimum atomic E-state index is -3.79. The van der Waals surface area contributed by atoms with Gasteiger partial charge in [-0.05, 0) is 74.1 Å². The first-order valence-electron chi connectivity index (χ1n) is 11.6. The molecule has 2 aliphatic carbocycles. The zero-order chi connectivity index (χ0) is 23.2. The predicted octanol–water partition coefficient (Wildman–Crippen LogP) is 5.14. The maximum atomic E-state index is 12.9. The summed E-state index contributed by atoms with van der Waals surface area (Å²) in [6, 6.07) is 5.77. The molecule has 8 heteroatoms. The van der Waals surface area contributed by atoms with Gasteiger partial charge in [0, 0.05) is 18.4 Å². The normalized spacial score (nSPS) is 31.9. The number of halogens is 2. The van der Waals surface area contributed by atoms with Crippen LogP contribution in [0.25, 0.3) is 0 Å². The van der Waals surface area contributed by atoms with Crippen LogP contribution in [-0.4, -0.2) is 39.7 Å². The lowest BCUT2D eigenvalue weighted by Gasteiger charge is -2.39. The Kier molecular flexibility index (Phi) is 6.76. The Labute approximate surface area is 201 Å². The molecule has 1 heterocycles. The lowest BCUT2D eigenvalue weighted by atomic mass is 9.70. The summed E-state index contributed by atoms with van der Waals surface area (Å²) in [4.78, 5) is 12.7. The van der Waals surface area contributed by atoms with E-state index in [1.807, 2.05) is 32.0 Å². The minimum Gasteiger partial charge on any atom is -0.316 e. The largest absolute Gasteiger partial charge is 0.316 e. The van der Waals surface area contributed by atoms with Gasteiger partial charge in [0.15, 0.2) is 0 Å². The number of ketones is 1. The Hall–Kier alpha value is -0.660. The number of carbonyl (C=O) groups is 1. The molecule has 32 heavy (non-hydrogen) atoms. The number of piperidine rings is 1. The van der Waals surface area contributed by atoms with Crippen molar-refractivity contribution in [3.63, 3.8) is 0 Å². The minimum absolute atomic E-state index is 0.0952. The van der Waals surface area contributed by atoms with E-state index >= 15 is 0 Å². The Morgan fingerprint density at radius 1 is 1.19 bits per heavy atom. The van der Waals surface area contributed by atoms with Crippen molar-refractivity contribution in [2.45, 2.75) is 64.2 Å². The fourth-order valence-electron chi connectivity index (χ4n) is 6.45. The number of Topliss-reactive ketones (excluding diaryl/α,β-unsaturated/α-hetero) is 1. The molecule has 5 nitrogen and oxygen atoms in total. The number of carbonyl (C=O) groups excluding carboxylic acids is 1. The third-order valence-corrected chi connectivity index (χ3v) is 10.7. The molecule has 1 saturated heterocycles. The molecular formula is C24H33Cl2NO4S. The van der Waals surface area contributed by atoms with Crippen LogP contribution in [0.2, 0.25) is 10.0 Å². The van der Waals surface area contributed by atoms with Crippen molar-refractivity contribution in [3.05, 3.63) is 33.8 Å². The summed E-state index contributed by atoms with van der Waals surface area (Å²) >= 11 is 12.4. The van der Waals surface area contributed by atoms with Gasteiger partial charge in [-0.3, -0.25) is 8.98 Å². The standard InChI is InChI=1S/C24H33Cl2NO4S/c1-22(2)17-7-10-24(22,21(28)14-17)16-32(29,30)31-12-4-9-23(8-3-11-27-15-23)18-5-6-19(25)20(26)13-18/h5-6,13,17,27H,3-4,7-12,14-16H2,1-2H3/t17?,23-,24+/m0/s1. The first kappa shape index (κ1) is 24.5. The van der Waals surface area contributed by atoms with E-state index in [1.165, 1.54) is 0 Å². The van der Waals surface area contributed by atoms with Gasteiger partial charge < -0.3 is 5.32 Å². The van der Waals surface area contributed by atoms with Gasteiger partial charge in [0.25, 0.3) is 10.1 Å². The number of rotatable bonds is 8. The Bertz CT molecular complexity index is 988. The molecule has 2 saturated carbocycles. The molecule has 2 bridgehead atoms. The van der Waals surface area contributed by atoms with Crippen LogP contribution in [0.4, 0.5) is 0 Å². The van der Waals surface area contributed by atoms with Crippen molar-refractivity contribution >= 4 is 39.1 Å². The van der Waals surface area contributed by atoms with E-state index in [4.69, 9.17) is 27.4 Å². The Balaban J connectivity index is 1.40. The van der Waals surface area contributed by atoms with E-state index in [-0.39, 0.29) is 34.9 Å². The van der Waals surface area contributed by atoms with Gasteiger partial charge in [-0.1, -0.05) is 43.1 Å². The zero-order valence-electron chi connectivity index (χ0n) is 18.9. The molecule has 3 atom stereocenters. The number of nitrogens with one attached hydrogen (secondary N) is 1. The molecule has 1 unspecified atom stereocenters. The third-order valence-electron chi connectivity index (χ3n) is 8.63. The van der Waals surface area contributed by atoms with Gasteiger partial charge in [0.05, 0.1) is 27.8 Å².